The number of nitrogens with zero attached hydrogens (tertiary/aromatic N) is 1. The molecule has 1 fully saturated rings. The maximum Gasteiger partial charge on any atom is 0.252 e. The Morgan fingerprint density at radius 1 is 1.21 bits per heavy atom. The smallest absolute Gasteiger partial charge is 0.252 e. The van der Waals surface area contributed by atoms with E-state index < -0.39 is 27.9 Å². The van der Waals surface area contributed by atoms with Crippen LogP contribution in [0.25, 0.3) is 0 Å². The molecule has 28 heavy (non-hydrogen) atoms. The molecule has 150 valence electrons. The standard InChI is InChI=1S/C19H23N3O4S2/c20-18(23)16(12-14-6-2-1-3-7-14)21-19(24)15-8-4-10-22(13-15)28(25,26)17-9-5-11-27-17/h1-3,5-7,9,11,15-16H,4,8,10,12-13H2,(H2,20,23)(H,21,24). The third-order valence-corrected chi connectivity index (χ3v) is 8.02. The summed E-state index contributed by atoms with van der Waals surface area (Å²) in [6, 6.07) is 11.7. The molecule has 1 aliphatic heterocycles. The molecule has 2 aromatic rings. The summed E-state index contributed by atoms with van der Waals surface area (Å²) in [6.07, 6.45) is 1.45. The van der Waals surface area contributed by atoms with E-state index in [1.54, 1.807) is 17.5 Å². The van der Waals surface area contributed by atoms with Gasteiger partial charge in [0.2, 0.25) is 11.8 Å². The summed E-state index contributed by atoms with van der Waals surface area (Å²) in [5, 5.41) is 4.42. The second-order valence-electron chi connectivity index (χ2n) is 6.79. The van der Waals surface area contributed by atoms with Crippen LogP contribution in [0, 0.1) is 5.92 Å². The summed E-state index contributed by atoms with van der Waals surface area (Å²) < 4.78 is 27.1. The van der Waals surface area contributed by atoms with Gasteiger partial charge in [0, 0.05) is 19.5 Å². The summed E-state index contributed by atoms with van der Waals surface area (Å²) >= 11 is 1.16. The molecule has 3 N–H and O–H groups in total. The minimum absolute atomic E-state index is 0.100. The second-order valence-corrected chi connectivity index (χ2v) is 9.90. The van der Waals surface area contributed by atoms with E-state index in [-0.39, 0.29) is 16.7 Å². The van der Waals surface area contributed by atoms with Crippen LogP contribution in [0.4, 0.5) is 0 Å². The highest BCUT2D eigenvalue weighted by molar-refractivity contribution is 7.91. The number of rotatable bonds is 7. The SMILES string of the molecule is NC(=O)C(Cc1ccccc1)NC(=O)C1CCCN(S(=O)(=O)c2cccs2)C1. The van der Waals surface area contributed by atoms with Gasteiger partial charge in [0.15, 0.2) is 0 Å². The lowest BCUT2D eigenvalue weighted by Crippen LogP contribution is -2.51. The molecule has 0 aliphatic carbocycles. The van der Waals surface area contributed by atoms with Crippen molar-refractivity contribution in [2.75, 3.05) is 13.1 Å². The first-order valence-corrected chi connectivity index (χ1v) is 11.4. The van der Waals surface area contributed by atoms with E-state index in [1.807, 2.05) is 30.3 Å². The Labute approximate surface area is 168 Å². The molecule has 1 aromatic carbocycles. The number of hydrogen-bond acceptors (Lipinski definition) is 5. The zero-order valence-corrected chi connectivity index (χ0v) is 16.9. The van der Waals surface area contributed by atoms with Crippen molar-refractivity contribution in [3.8, 4) is 0 Å². The molecule has 0 spiro atoms. The maximum absolute atomic E-state index is 12.7. The van der Waals surface area contributed by atoms with Crippen LogP contribution in [-0.4, -0.2) is 43.7 Å². The average molecular weight is 422 g/mol. The molecule has 1 saturated heterocycles. The van der Waals surface area contributed by atoms with Gasteiger partial charge in [0.1, 0.15) is 10.3 Å². The first-order valence-electron chi connectivity index (χ1n) is 9.05. The lowest BCUT2D eigenvalue weighted by molar-refractivity contribution is -0.130. The Bertz CT molecular complexity index is 914. The van der Waals surface area contributed by atoms with Gasteiger partial charge in [-0.05, 0) is 29.9 Å². The van der Waals surface area contributed by atoms with E-state index in [0.717, 1.165) is 16.9 Å². The molecule has 7 nitrogen and oxygen atoms in total. The zero-order chi connectivity index (χ0) is 20.1. The van der Waals surface area contributed by atoms with Gasteiger partial charge < -0.3 is 11.1 Å². The topological polar surface area (TPSA) is 110 Å². The number of thiophene rings is 1. The van der Waals surface area contributed by atoms with Crippen molar-refractivity contribution >= 4 is 33.2 Å². The number of nitrogens with two attached hydrogens (primary N) is 1. The molecule has 1 aliphatic rings. The number of amides is 2. The minimum Gasteiger partial charge on any atom is -0.368 e. The predicted octanol–water partition coefficient (Wildman–Crippen LogP) is 1.36. The third-order valence-electron chi connectivity index (χ3n) is 4.79. The van der Waals surface area contributed by atoms with Crippen molar-refractivity contribution in [3.63, 3.8) is 0 Å². The monoisotopic (exact) mass is 421 g/mol. The van der Waals surface area contributed by atoms with Crippen LogP contribution >= 0.6 is 11.3 Å². The fraction of sp³-hybridized carbons (Fsp3) is 0.368. The van der Waals surface area contributed by atoms with Gasteiger partial charge in [-0.2, -0.15) is 4.31 Å². The van der Waals surface area contributed by atoms with Crippen molar-refractivity contribution in [3.05, 3.63) is 53.4 Å². The molecule has 0 radical (unpaired) electrons. The van der Waals surface area contributed by atoms with Gasteiger partial charge in [-0.1, -0.05) is 36.4 Å². The molecule has 2 atom stereocenters. The predicted molar refractivity (Wildman–Crippen MR) is 107 cm³/mol. The largest absolute Gasteiger partial charge is 0.368 e. The first kappa shape index (κ1) is 20.5. The van der Waals surface area contributed by atoms with E-state index >= 15 is 0 Å². The maximum atomic E-state index is 12.7. The quantitative estimate of drug-likeness (QED) is 0.703. The fourth-order valence-corrected chi connectivity index (χ4v) is 5.94. The molecule has 2 amide bonds. The summed E-state index contributed by atoms with van der Waals surface area (Å²) in [5.41, 5.74) is 6.35. The average Bonchev–Trinajstić information content (AvgIpc) is 3.24. The third kappa shape index (κ3) is 4.78. The van der Waals surface area contributed by atoms with Crippen LogP contribution in [0.15, 0.2) is 52.1 Å². The molecule has 9 heteroatoms. The number of carbonyl (C=O) groups excluding carboxylic acids is 2. The van der Waals surface area contributed by atoms with Gasteiger partial charge in [-0.25, -0.2) is 8.42 Å². The zero-order valence-electron chi connectivity index (χ0n) is 15.3. The Morgan fingerprint density at radius 2 is 1.96 bits per heavy atom. The molecular formula is C19H23N3O4S2. The van der Waals surface area contributed by atoms with Crippen molar-refractivity contribution in [2.24, 2.45) is 11.7 Å². The second kappa shape index (κ2) is 8.85. The number of piperidine rings is 1. The number of carbonyl (C=O) groups is 2. The van der Waals surface area contributed by atoms with Gasteiger partial charge in [-0.3, -0.25) is 9.59 Å². The van der Waals surface area contributed by atoms with Gasteiger partial charge >= 0.3 is 0 Å². The van der Waals surface area contributed by atoms with Gasteiger partial charge in [0.25, 0.3) is 10.0 Å². The van der Waals surface area contributed by atoms with Crippen LogP contribution in [0.3, 0.4) is 0 Å². The van der Waals surface area contributed by atoms with Gasteiger partial charge in [0.05, 0.1) is 5.92 Å². The molecule has 0 bridgehead atoms. The normalized spacial score (nSPS) is 19.1. The summed E-state index contributed by atoms with van der Waals surface area (Å²) in [5.74, 6) is -1.47. The molecular weight excluding hydrogens is 398 g/mol. The molecule has 1 aromatic heterocycles. The summed E-state index contributed by atoms with van der Waals surface area (Å²) in [4.78, 5) is 24.5. The molecule has 2 unspecified atom stereocenters. The Kier molecular flexibility index (Phi) is 6.48. The van der Waals surface area contributed by atoms with E-state index in [4.69, 9.17) is 5.73 Å². The number of primary amides is 1. The van der Waals surface area contributed by atoms with Crippen LogP contribution in [0.5, 0.6) is 0 Å². The van der Waals surface area contributed by atoms with E-state index in [9.17, 15) is 18.0 Å². The number of sulfonamides is 1. The number of benzene rings is 1. The fourth-order valence-electron chi connectivity index (χ4n) is 3.27. The molecule has 2 heterocycles. The lowest BCUT2D eigenvalue weighted by atomic mass is 9.97. The van der Waals surface area contributed by atoms with Crippen molar-refractivity contribution in [2.45, 2.75) is 29.5 Å². The lowest BCUT2D eigenvalue weighted by Gasteiger charge is -2.31. The summed E-state index contributed by atoms with van der Waals surface area (Å²) in [7, 11) is -3.60. The van der Waals surface area contributed by atoms with Crippen LogP contribution in [0.1, 0.15) is 18.4 Å². The van der Waals surface area contributed by atoms with Gasteiger partial charge in [-0.15, -0.1) is 11.3 Å². The highest BCUT2D eigenvalue weighted by atomic mass is 32.2. The Balaban J connectivity index is 1.66. The van der Waals surface area contributed by atoms with E-state index in [0.29, 0.717) is 25.8 Å². The summed E-state index contributed by atoms with van der Waals surface area (Å²) in [6.45, 7) is 0.482. The number of nitrogens with one attached hydrogen (secondary N) is 1. The van der Waals surface area contributed by atoms with E-state index in [2.05, 4.69) is 5.32 Å². The van der Waals surface area contributed by atoms with Crippen LogP contribution < -0.4 is 11.1 Å². The number of hydrogen-bond donors (Lipinski definition) is 2. The minimum atomic E-state index is -3.60. The Morgan fingerprint density at radius 3 is 2.61 bits per heavy atom. The highest BCUT2D eigenvalue weighted by Crippen LogP contribution is 2.26. The Hall–Kier alpha value is -2.23. The van der Waals surface area contributed by atoms with E-state index in [1.165, 1.54) is 4.31 Å². The molecule has 0 saturated carbocycles. The van der Waals surface area contributed by atoms with Crippen LogP contribution in [-0.2, 0) is 26.0 Å². The highest BCUT2D eigenvalue weighted by Gasteiger charge is 2.34. The van der Waals surface area contributed by atoms with Crippen molar-refractivity contribution in [1.82, 2.24) is 9.62 Å². The van der Waals surface area contributed by atoms with Crippen molar-refractivity contribution in [1.29, 1.82) is 0 Å². The van der Waals surface area contributed by atoms with Crippen molar-refractivity contribution < 1.29 is 18.0 Å². The van der Waals surface area contributed by atoms with Crippen LogP contribution in [0.2, 0.25) is 0 Å². The molecule has 3 rings (SSSR count). The first-order chi connectivity index (χ1) is 13.4.